The van der Waals surface area contributed by atoms with Crippen molar-refractivity contribution in [3.63, 3.8) is 0 Å². The van der Waals surface area contributed by atoms with Crippen molar-refractivity contribution in [2.75, 3.05) is 18.0 Å². The lowest BCUT2D eigenvalue weighted by Crippen LogP contribution is -2.44. The van der Waals surface area contributed by atoms with Crippen LogP contribution in [0.5, 0.6) is 0 Å². The molecule has 2 aliphatic rings. The first-order chi connectivity index (χ1) is 21.3. The number of amides is 1. The molecule has 9 nitrogen and oxygen atoms in total. The fraction of sp³-hybridized carbons (Fsp3) is 0.258. The van der Waals surface area contributed by atoms with E-state index in [1.807, 2.05) is 0 Å². The highest BCUT2D eigenvalue weighted by atomic mass is 35.5. The first-order valence-electron chi connectivity index (χ1n) is 14.0. The molecule has 1 saturated heterocycles. The molecule has 2 aliphatic heterocycles. The molecule has 3 aromatic carbocycles. The van der Waals surface area contributed by atoms with Crippen molar-refractivity contribution in [1.29, 1.82) is 0 Å². The van der Waals surface area contributed by atoms with Crippen molar-refractivity contribution in [1.82, 2.24) is 13.9 Å². The molecule has 0 aliphatic carbocycles. The van der Waals surface area contributed by atoms with Crippen molar-refractivity contribution in [3.8, 4) is 11.1 Å². The molecular weight excluding hydrogens is 649 g/mol. The maximum absolute atomic E-state index is 14.3. The highest BCUT2D eigenvalue weighted by Gasteiger charge is 2.52. The van der Waals surface area contributed by atoms with E-state index in [0.717, 1.165) is 6.07 Å². The van der Waals surface area contributed by atoms with Crippen LogP contribution in [0.4, 0.5) is 20.4 Å². The number of halogens is 4. The van der Waals surface area contributed by atoms with Crippen LogP contribution >= 0.6 is 23.2 Å². The smallest absolute Gasteiger partial charge is 0.306 e. The summed E-state index contributed by atoms with van der Waals surface area (Å²) < 4.78 is 58.3. The lowest BCUT2D eigenvalue weighted by molar-refractivity contribution is -0.143. The molecule has 0 unspecified atom stereocenters. The molecule has 0 spiro atoms. The van der Waals surface area contributed by atoms with Gasteiger partial charge in [0.05, 0.1) is 17.8 Å². The van der Waals surface area contributed by atoms with Crippen LogP contribution < -0.4 is 4.90 Å². The molecule has 0 bridgehead atoms. The Hall–Kier alpha value is -3.84. The number of hydrogen-bond acceptors (Lipinski definition) is 5. The van der Waals surface area contributed by atoms with Gasteiger partial charge in [-0.3, -0.25) is 14.2 Å². The number of hydrogen-bond donors (Lipinski definition) is 1. The monoisotopic (exact) mass is 674 g/mol. The quantitative estimate of drug-likeness (QED) is 0.248. The molecule has 0 radical (unpaired) electrons. The summed E-state index contributed by atoms with van der Waals surface area (Å²) in [6.45, 7) is 1.61. The zero-order valence-electron chi connectivity index (χ0n) is 23.8. The number of carbonyl (C=O) groups excluding carboxylic acids is 1. The number of benzene rings is 3. The number of aliphatic carboxylic acids is 1. The van der Waals surface area contributed by atoms with Crippen LogP contribution in [0.2, 0.25) is 10.0 Å². The first kappa shape index (κ1) is 31.2. The summed E-state index contributed by atoms with van der Waals surface area (Å²) >= 11 is 12.5. The third-order valence-electron chi connectivity index (χ3n) is 8.28. The van der Waals surface area contributed by atoms with Gasteiger partial charge in [-0.2, -0.15) is 4.31 Å². The molecule has 3 heterocycles. The van der Waals surface area contributed by atoms with Gasteiger partial charge in [0.15, 0.2) is 5.03 Å². The van der Waals surface area contributed by atoms with Crippen molar-refractivity contribution < 1.29 is 31.9 Å². The Morgan fingerprint density at radius 3 is 2.16 bits per heavy atom. The Bertz CT molecular complexity index is 1910. The van der Waals surface area contributed by atoms with Crippen LogP contribution in [-0.2, 0) is 31.6 Å². The van der Waals surface area contributed by atoms with Gasteiger partial charge in [-0.05, 0) is 66.8 Å². The van der Waals surface area contributed by atoms with Crippen LogP contribution in [0.25, 0.3) is 11.1 Å². The number of carboxylic acids is 1. The zero-order valence-corrected chi connectivity index (χ0v) is 26.1. The fourth-order valence-electron chi connectivity index (χ4n) is 6.02. The average molecular weight is 676 g/mol. The lowest BCUT2D eigenvalue weighted by Gasteiger charge is -2.31. The number of carbonyl (C=O) groups is 2. The molecule has 45 heavy (non-hydrogen) atoms. The minimum absolute atomic E-state index is 0.000224. The standard InChI is InChI=1S/C31H26Cl2F2N4O5S/c1-31(16-18-2-4-19(5-3-18)21-10-24(34)15-25(35)11-21)29(42)38(26-13-22(32)12-23(33)14-26)30-36-17-27(39(30)31)45(43,44)37-8-6-20(7-9-37)28(40)41/h2-5,10-15,17,20H,6-9,16H2,1H3,(H,40,41)/t31-/m1/s1. The third-order valence-corrected chi connectivity index (χ3v) is 10.6. The summed E-state index contributed by atoms with van der Waals surface area (Å²) in [5.74, 6) is -3.48. The first-order valence-corrected chi connectivity index (χ1v) is 16.1. The fourth-order valence-corrected chi connectivity index (χ4v) is 8.19. The van der Waals surface area contributed by atoms with Gasteiger partial charge in [-0.15, -0.1) is 0 Å². The maximum atomic E-state index is 14.3. The van der Waals surface area contributed by atoms with Gasteiger partial charge in [-0.1, -0.05) is 47.5 Å². The summed E-state index contributed by atoms with van der Waals surface area (Å²) in [6.07, 6.45) is 1.53. The van der Waals surface area contributed by atoms with E-state index in [2.05, 4.69) is 4.98 Å². The van der Waals surface area contributed by atoms with E-state index in [4.69, 9.17) is 23.2 Å². The van der Waals surface area contributed by atoms with E-state index in [0.29, 0.717) is 22.4 Å². The predicted molar refractivity (Wildman–Crippen MR) is 164 cm³/mol. The van der Waals surface area contributed by atoms with Gasteiger partial charge >= 0.3 is 5.97 Å². The van der Waals surface area contributed by atoms with Crippen LogP contribution in [0.15, 0.2) is 71.9 Å². The SMILES string of the molecule is C[C@@]1(Cc2ccc(-c3cc(F)cc(F)c3)cc2)C(=O)N(c2cc(Cl)cc(Cl)c2)c2ncc(S(=O)(=O)N3CCC(C(=O)O)CC3)n21. The van der Waals surface area contributed by atoms with E-state index in [-0.39, 0.29) is 53.4 Å². The number of nitrogens with zero attached hydrogens (tertiary/aromatic N) is 4. The lowest BCUT2D eigenvalue weighted by atomic mass is 9.91. The van der Waals surface area contributed by atoms with E-state index in [9.17, 15) is 31.9 Å². The molecular formula is C31H26Cl2F2N4O5S. The predicted octanol–water partition coefficient (Wildman–Crippen LogP) is 6.26. The molecule has 1 N–H and O–H groups in total. The summed E-state index contributed by atoms with van der Waals surface area (Å²) in [7, 11) is -4.21. The number of fused-ring (bicyclic) bond motifs is 1. The molecule has 1 aromatic heterocycles. The van der Waals surface area contributed by atoms with Gasteiger partial charge in [0, 0.05) is 35.6 Å². The number of piperidine rings is 1. The van der Waals surface area contributed by atoms with Gasteiger partial charge in [0.1, 0.15) is 17.2 Å². The Morgan fingerprint density at radius 1 is 0.978 bits per heavy atom. The number of rotatable bonds is 7. The molecule has 6 rings (SSSR count). The van der Waals surface area contributed by atoms with E-state index >= 15 is 0 Å². The minimum atomic E-state index is -4.21. The summed E-state index contributed by atoms with van der Waals surface area (Å²) in [5, 5.41) is 9.68. The number of carboxylic acid groups (broad SMARTS) is 1. The summed E-state index contributed by atoms with van der Waals surface area (Å²) in [4.78, 5) is 31.5. The molecule has 1 fully saturated rings. The van der Waals surface area contributed by atoms with Crippen LogP contribution in [0, 0.1) is 17.6 Å². The van der Waals surface area contributed by atoms with Crippen molar-refractivity contribution in [2.45, 2.75) is 36.8 Å². The molecule has 14 heteroatoms. The number of aromatic nitrogens is 2. The highest BCUT2D eigenvalue weighted by Crippen LogP contribution is 2.45. The van der Waals surface area contributed by atoms with Crippen molar-refractivity contribution >= 4 is 56.7 Å². The third kappa shape index (κ3) is 5.60. The Kier molecular flexibility index (Phi) is 7.97. The number of anilines is 2. The van der Waals surface area contributed by atoms with Crippen LogP contribution in [0.3, 0.4) is 0 Å². The number of imidazole rings is 1. The maximum Gasteiger partial charge on any atom is 0.306 e. The molecule has 1 amide bonds. The number of sulfonamides is 1. The molecule has 4 aromatic rings. The van der Waals surface area contributed by atoms with Crippen LogP contribution in [-0.4, -0.2) is 52.3 Å². The van der Waals surface area contributed by atoms with E-state index in [1.54, 1.807) is 31.2 Å². The summed E-state index contributed by atoms with van der Waals surface area (Å²) in [5.41, 5.74) is 0.315. The normalized spacial score (nSPS) is 19.2. The minimum Gasteiger partial charge on any atom is -0.481 e. The average Bonchev–Trinajstić information content (AvgIpc) is 3.50. The van der Waals surface area contributed by atoms with Gasteiger partial charge < -0.3 is 5.11 Å². The van der Waals surface area contributed by atoms with Crippen LogP contribution in [0.1, 0.15) is 25.3 Å². The highest BCUT2D eigenvalue weighted by molar-refractivity contribution is 7.89. The molecule has 1 atom stereocenters. The topological polar surface area (TPSA) is 113 Å². The van der Waals surface area contributed by atoms with E-state index in [1.165, 1.54) is 50.3 Å². The van der Waals surface area contributed by atoms with Gasteiger partial charge in [0.25, 0.3) is 15.9 Å². The molecule has 0 saturated carbocycles. The second-order valence-corrected chi connectivity index (χ2v) is 14.1. The largest absolute Gasteiger partial charge is 0.481 e. The Balaban J connectivity index is 1.42. The zero-order chi connectivity index (χ0) is 32.3. The van der Waals surface area contributed by atoms with Gasteiger partial charge in [-0.25, -0.2) is 27.1 Å². The Labute approximate surface area is 267 Å². The molecule has 234 valence electrons. The second-order valence-electron chi connectivity index (χ2n) is 11.3. The van der Waals surface area contributed by atoms with Crippen molar-refractivity contribution in [2.24, 2.45) is 5.92 Å². The second kappa shape index (κ2) is 11.5. The summed E-state index contributed by atoms with van der Waals surface area (Å²) in [6, 6.07) is 14.5. The van der Waals surface area contributed by atoms with Crippen molar-refractivity contribution in [3.05, 3.63) is 94.1 Å². The Morgan fingerprint density at radius 2 is 1.58 bits per heavy atom. The van der Waals surface area contributed by atoms with E-state index < -0.39 is 45.0 Å². The van der Waals surface area contributed by atoms with Gasteiger partial charge in [0.2, 0.25) is 5.95 Å².